The fraction of sp³-hybridized carbons (Fsp3) is 0.300. The summed E-state index contributed by atoms with van der Waals surface area (Å²) >= 11 is 1.56. The minimum atomic E-state index is -0.972. The van der Waals surface area contributed by atoms with Crippen LogP contribution in [0, 0.1) is 0 Å². The Morgan fingerprint density at radius 2 is 1.63 bits per heavy atom. The molecule has 41 heavy (non-hydrogen) atoms. The molecule has 0 aromatic heterocycles. The van der Waals surface area contributed by atoms with Crippen molar-refractivity contribution in [3.63, 3.8) is 0 Å². The summed E-state index contributed by atoms with van der Waals surface area (Å²) in [5.41, 5.74) is 4.81. The van der Waals surface area contributed by atoms with Gasteiger partial charge in [-0.1, -0.05) is 36.4 Å². The number of anilines is 1. The number of nitrogens with one attached hydrogen (secondary N) is 2. The van der Waals surface area contributed by atoms with Crippen LogP contribution in [0.5, 0.6) is 0 Å². The number of carboxylic acid groups (broad SMARTS) is 1. The number of carbonyl (C=O) groups is 3. The molecule has 0 bridgehead atoms. The van der Waals surface area contributed by atoms with E-state index in [9.17, 15) is 19.5 Å². The van der Waals surface area contributed by atoms with Gasteiger partial charge >= 0.3 is 5.97 Å². The van der Waals surface area contributed by atoms with E-state index in [4.69, 9.17) is 19.8 Å². The quantitative estimate of drug-likeness (QED) is 0.115. The average Bonchev–Trinajstić information content (AvgIpc) is 3.00. The van der Waals surface area contributed by atoms with Gasteiger partial charge in [-0.25, -0.2) is 10.3 Å². The maximum Gasteiger partial charge on any atom is 0.335 e. The topological polar surface area (TPSA) is 154 Å². The normalized spacial score (nSPS) is 18.4. The van der Waals surface area contributed by atoms with E-state index in [2.05, 4.69) is 5.32 Å². The Bertz CT molecular complexity index is 1330. The number of hydrogen-bond donors (Lipinski definition) is 5. The number of hydroxylamine groups is 1. The van der Waals surface area contributed by atoms with E-state index >= 15 is 0 Å². The van der Waals surface area contributed by atoms with Crippen LogP contribution in [-0.2, 0) is 25.7 Å². The van der Waals surface area contributed by atoms with E-state index < -0.39 is 18.2 Å². The lowest BCUT2D eigenvalue weighted by Crippen LogP contribution is -2.31. The average molecular weight is 581 g/mol. The summed E-state index contributed by atoms with van der Waals surface area (Å²) in [6.07, 6.45) is -0.149. The van der Waals surface area contributed by atoms with Crippen molar-refractivity contribution in [1.29, 1.82) is 0 Å². The maximum absolute atomic E-state index is 12.4. The first-order chi connectivity index (χ1) is 19.8. The standard InChI is InChI=1S/C30H32N2O8S/c33-17-19-7-9-20(10-8-19)26-16-24(18-41-25-13-11-21(12-14-25)29(36)37)39-30(40-26)22-3-1-4-23(15-22)31-27(34)5-2-6-28(35)32-38/h1,3-4,7-15,24,26,30,33,38H,2,5-6,16-18H2,(H,31,34)(H,32,35)(H,36,37)/t24-,26+,30+/m1/s1. The zero-order chi connectivity index (χ0) is 29.2. The number of ether oxygens (including phenoxy) is 2. The van der Waals surface area contributed by atoms with Crippen LogP contribution in [-0.4, -0.2) is 45.1 Å². The molecule has 0 radical (unpaired) electrons. The number of carboxylic acids is 1. The van der Waals surface area contributed by atoms with Crippen molar-refractivity contribution in [3.8, 4) is 0 Å². The van der Waals surface area contributed by atoms with Crippen molar-refractivity contribution in [2.45, 2.75) is 55.7 Å². The number of thioether (sulfide) groups is 1. The van der Waals surface area contributed by atoms with Crippen molar-refractivity contribution in [3.05, 3.63) is 95.1 Å². The predicted molar refractivity (Wildman–Crippen MR) is 151 cm³/mol. The minimum absolute atomic E-state index is 0.0392. The number of aliphatic hydroxyl groups is 1. The molecule has 1 aliphatic rings. The maximum atomic E-state index is 12.4. The van der Waals surface area contributed by atoms with Crippen molar-refractivity contribution in [1.82, 2.24) is 5.48 Å². The van der Waals surface area contributed by atoms with Crippen LogP contribution in [0.25, 0.3) is 0 Å². The number of benzene rings is 3. The van der Waals surface area contributed by atoms with Crippen molar-refractivity contribution >= 4 is 35.2 Å². The third-order valence-electron chi connectivity index (χ3n) is 6.53. The number of hydrogen-bond acceptors (Lipinski definition) is 8. The Labute approximate surface area is 241 Å². The molecule has 3 aromatic carbocycles. The molecule has 0 saturated carbocycles. The van der Waals surface area contributed by atoms with Crippen LogP contribution >= 0.6 is 11.8 Å². The first-order valence-corrected chi connectivity index (χ1v) is 14.1. The zero-order valence-electron chi connectivity index (χ0n) is 22.2. The van der Waals surface area contributed by atoms with Gasteiger partial charge in [-0.3, -0.25) is 14.8 Å². The molecular weight excluding hydrogens is 548 g/mol. The second-order valence-electron chi connectivity index (χ2n) is 9.55. The number of amides is 2. The molecule has 216 valence electrons. The van der Waals surface area contributed by atoms with Crippen LogP contribution in [0.3, 0.4) is 0 Å². The predicted octanol–water partition coefficient (Wildman–Crippen LogP) is 4.83. The molecule has 0 aliphatic carbocycles. The fourth-order valence-electron chi connectivity index (χ4n) is 4.36. The van der Waals surface area contributed by atoms with Crippen molar-refractivity contribution in [2.75, 3.05) is 11.1 Å². The second-order valence-corrected chi connectivity index (χ2v) is 10.6. The largest absolute Gasteiger partial charge is 0.478 e. The Hall–Kier alpha value is -3.74. The first kappa shape index (κ1) is 30.2. The Morgan fingerprint density at radius 3 is 2.32 bits per heavy atom. The molecule has 1 saturated heterocycles. The lowest BCUT2D eigenvalue weighted by atomic mass is 10.0. The van der Waals surface area contributed by atoms with Gasteiger partial charge in [0, 0.05) is 41.2 Å². The molecule has 1 heterocycles. The molecule has 1 fully saturated rings. The number of carbonyl (C=O) groups excluding carboxylic acids is 2. The second kappa shape index (κ2) is 14.8. The highest BCUT2D eigenvalue weighted by atomic mass is 32.2. The fourth-order valence-corrected chi connectivity index (χ4v) is 5.28. The lowest BCUT2D eigenvalue weighted by molar-refractivity contribution is -0.245. The molecule has 2 amide bonds. The van der Waals surface area contributed by atoms with E-state index in [0.29, 0.717) is 24.3 Å². The van der Waals surface area contributed by atoms with Gasteiger partial charge < -0.3 is 25.0 Å². The third kappa shape index (κ3) is 8.87. The van der Waals surface area contributed by atoms with Crippen LogP contribution in [0.1, 0.15) is 65.1 Å². The molecule has 5 N–H and O–H groups in total. The number of aromatic carboxylic acids is 1. The van der Waals surface area contributed by atoms with E-state index in [1.807, 2.05) is 30.3 Å². The summed E-state index contributed by atoms with van der Waals surface area (Å²) in [4.78, 5) is 35.6. The monoisotopic (exact) mass is 580 g/mol. The molecular formula is C30H32N2O8S. The van der Waals surface area contributed by atoms with Crippen molar-refractivity contribution < 1.29 is 39.3 Å². The van der Waals surface area contributed by atoms with Gasteiger partial charge in [-0.05, 0) is 53.9 Å². The summed E-state index contributed by atoms with van der Waals surface area (Å²) < 4.78 is 12.7. The number of aliphatic hydroxyl groups excluding tert-OH is 1. The Balaban J connectivity index is 1.46. The molecule has 0 spiro atoms. The van der Waals surface area contributed by atoms with E-state index in [0.717, 1.165) is 21.6 Å². The SMILES string of the molecule is O=C(CCCC(=O)Nc1cccc([C@H]2O[C@@H](CSc3ccc(C(=O)O)cc3)C[C@@H](c3ccc(CO)cc3)O2)c1)NO. The van der Waals surface area contributed by atoms with Gasteiger partial charge in [0.05, 0.1) is 24.4 Å². The highest BCUT2D eigenvalue weighted by Gasteiger charge is 2.32. The van der Waals surface area contributed by atoms with Crippen LogP contribution in [0.2, 0.25) is 0 Å². The minimum Gasteiger partial charge on any atom is -0.478 e. The van der Waals surface area contributed by atoms with Crippen LogP contribution in [0.4, 0.5) is 5.69 Å². The molecule has 10 nitrogen and oxygen atoms in total. The third-order valence-corrected chi connectivity index (χ3v) is 7.67. The van der Waals surface area contributed by atoms with E-state index in [1.54, 1.807) is 59.7 Å². The lowest BCUT2D eigenvalue weighted by Gasteiger charge is -2.36. The smallest absolute Gasteiger partial charge is 0.335 e. The van der Waals surface area contributed by atoms with Gasteiger partial charge in [-0.15, -0.1) is 11.8 Å². The first-order valence-electron chi connectivity index (χ1n) is 13.1. The van der Waals surface area contributed by atoms with Gasteiger partial charge in [-0.2, -0.15) is 0 Å². The molecule has 3 aromatic rings. The Morgan fingerprint density at radius 1 is 0.902 bits per heavy atom. The summed E-state index contributed by atoms with van der Waals surface area (Å²) in [7, 11) is 0. The molecule has 11 heteroatoms. The summed E-state index contributed by atoms with van der Waals surface area (Å²) in [6, 6.07) is 21.5. The van der Waals surface area contributed by atoms with Gasteiger partial charge in [0.2, 0.25) is 11.8 Å². The van der Waals surface area contributed by atoms with Crippen LogP contribution < -0.4 is 10.8 Å². The van der Waals surface area contributed by atoms with Crippen molar-refractivity contribution in [2.24, 2.45) is 0 Å². The molecule has 1 aliphatic heterocycles. The summed E-state index contributed by atoms with van der Waals surface area (Å²) in [6.45, 7) is -0.0510. The zero-order valence-corrected chi connectivity index (χ0v) is 23.0. The highest BCUT2D eigenvalue weighted by Crippen LogP contribution is 2.40. The van der Waals surface area contributed by atoms with Gasteiger partial charge in [0.25, 0.3) is 0 Å². The molecule has 4 rings (SSSR count). The summed E-state index contributed by atoms with van der Waals surface area (Å²) in [5, 5.41) is 30.0. The van der Waals surface area contributed by atoms with E-state index in [1.165, 1.54) is 0 Å². The molecule has 3 atom stereocenters. The Kier molecular flexibility index (Phi) is 10.9. The highest BCUT2D eigenvalue weighted by molar-refractivity contribution is 7.99. The molecule has 0 unspecified atom stereocenters. The summed E-state index contributed by atoms with van der Waals surface area (Å²) in [5.74, 6) is -1.17. The van der Waals surface area contributed by atoms with Gasteiger partial charge in [0.1, 0.15) is 0 Å². The van der Waals surface area contributed by atoms with Crippen LogP contribution in [0.15, 0.2) is 77.7 Å². The van der Waals surface area contributed by atoms with E-state index in [-0.39, 0.29) is 43.1 Å². The van der Waals surface area contributed by atoms with Gasteiger partial charge in [0.15, 0.2) is 6.29 Å². The number of rotatable bonds is 12.